The van der Waals surface area contributed by atoms with Crippen LogP contribution in [0.25, 0.3) is 0 Å². The van der Waals surface area contributed by atoms with E-state index in [9.17, 15) is 14.4 Å². The molecule has 0 aliphatic carbocycles. The zero-order valence-electron chi connectivity index (χ0n) is 23.0. The number of carbonyl (C=O) groups excluding carboxylic acids is 3. The van der Waals surface area contributed by atoms with E-state index in [0.29, 0.717) is 24.6 Å². The van der Waals surface area contributed by atoms with Gasteiger partial charge in [0, 0.05) is 25.1 Å². The maximum Gasteiger partial charge on any atom is 0.412 e. The lowest BCUT2D eigenvalue weighted by Gasteiger charge is -2.12. The quantitative estimate of drug-likeness (QED) is 0.122. The first-order valence-electron chi connectivity index (χ1n) is 12.9. The van der Waals surface area contributed by atoms with E-state index < -0.39 is 12.1 Å². The summed E-state index contributed by atoms with van der Waals surface area (Å²) < 4.78 is 17.6. The molecule has 1 aromatic carbocycles. The number of esters is 1. The molecule has 0 spiro atoms. The van der Waals surface area contributed by atoms with Crippen LogP contribution in [0.2, 0.25) is 0 Å². The molecule has 206 valence electrons. The van der Waals surface area contributed by atoms with Crippen molar-refractivity contribution in [2.75, 3.05) is 7.11 Å². The zero-order valence-corrected chi connectivity index (χ0v) is 23.0. The first-order chi connectivity index (χ1) is 18.2. The summed E-state index contributed by atoms with van der Waals surface area (Å²) in [6.45, 7) is 8.24. The summed E-state index contributed by atoms with van der Waals surface area (Å²) in [4.78, 5) is 36.6. The summed E-state index contributed by atoms with van der Waals surface area (Å²) >= 11 is 0. The summed E-state index contributed by atoms with van der Waals surface area (Å²) in [5.41, 5.74) is 1.10. The number of nitrogens with one attached hydrogen (secondary N) is 2. The SMILES string of the molecule is COc1cc(CNC(=O)CCCC/C=C/C(C)C)ccc1OC(=O)c1ccc[n+](COC(=O)NC(C)C)c1. The second-order valence-electron chi connectivity index (χ2n) is 9.54. The molecule has 0 atom stereocenters. The summed E-state index contributed by atoms with van der Waals surface area (Å²) in [5, 5.41) is 5.55. The molecule has 2 amide bonds. The van der Waals surface area contributed by atoms with Gasteiger partial charge in [-0.1, -0.05) is 32.1 Å². The number of rotatable bonds is 14. The van der Waals surface area contributed by atoms with E-state index in [1.54, 1.807) is 41.1 Å². The number of nitrogens with zero attached hydrogens (tertiary/aromatic N) is 1. The highest BCUT2D eigenvalue weighted by Gasteiger charge is 2.17. The molecule has 0 saturated carbocycles. The number of pyridine rings is 1. The predicted octanol–water partition coefficient (Wildman–Crippen LogP) is 4.68. The maximum absolute atomic E-state index is 12.7. The number of hydrogen-bond acceptors (Lipinski definition) is 6. The van der Waals surface area contributed by atoms with Crippen LogP contribution in [0.3, 0.4) is 0 Å². The Morgan fingerprint density at radius 1 is 1.05 bits per heavy atom. The van der Waals surface area contributed by atoms with Crippen LogP contribution in [0.1, 0.15) is 69.3 Å². The van der Waals surface area contributed by atoms with Gasteiger partial charge in [-0.25, -0.2) is 9.59 Å². The molecule has 2 rings (SSSR count). The second kappa shape index (κ2) is 16.1. The Hall–Kier alpha value is -3.88. The lowest BCUT2D eigenvalue weighted by molar-refractivity contribution is -0.727. The molecule has 1 aromatic heterocycles. The van der Waals surface area contributed by atoms with E-state index in [2.05, 4.69) is 36.6 Å². The third kappa shape index (κ3) is 11.5. The molecule has 2 aromatic rings. The highest BCUT2D eigenvalue weighted by Crippen LogP contribution is 2.28. The highest BCUT2D eigenvalue weighted by molar-refractivity contribution is 5.90. The molecule has 0 unspecified atom stereocenters. The molecule has 0 fully saturated rings. The van der Waals surface area contributed by atoms with E-state index in [1.165, 1.54) is 13.3 Å². The fourth-order valence-electron chi connectivity index (χ4n) is 3.40. The van der Waals surface area contributed by atoms with Gasteiger partial charge in [0.1, 0.15) is 5.56 Å². The van der Waals surface area contributed by atoms with Gasteiger partial charge in [-0.15, -0.1) is 0 Å². The monoisotopic (exact) mass is 526 g/mol. The van der Waals surface area contributed by atoms with E-state index >= 15 is 0 Å². The molecule has 9 heteroatoms. The molecular formula is C29H40N3O6+. The van der Waals surface area contributed by atoms with E-state index in [4.69, 9.17) is 14.2 Å². The number of unbranched alkanes of at least 4 members (excludes halogenated alkanes) is 2. The van der Waals surface area contributed by atoms with Crippen LogP contribution < -0.4 is 24.7 Å². The Morgan fingerprint density at radius 3 is 2.55 bits per heavy atom. The minimum Gasteiger partial charge on any atom is -0.493 e. The number of alkyl carbamates (subject to hydrolysis) is 1. The van der Waals surface area contributed by atoms with Crippen molar-refractivity contribution in [2.24, 2.45) is 5.92 Å². The summed E-state index contributed by atoms with van der Waals surface area (Å²) in [7, 11) is 1.48. The van der Waals surface area contributed by atoms with Crippen molar-refractivity contribution < 1.29 is 33.2 Å². The van der Waals surface area contributed by atoms with E-state index in [-0.39, 0.29) is 30.0 Å². The summed E-state index contributed by atoms with van der Waals surface area (Å²) in [6.07, 6.45) is 10.3. The molecule has 0 aliphatic rings. The van der Waals surface area contributed by atoms with Gasteiger partial charge in [-0.2, -0.15) is 4.57 Å². The predicted molar refractivity (Wildman–Crippen MR) is 144 cm³/mol. The lowest BCUT2D eigenvalue weighted by atomic mass is 10.1. The van der Waals surface area contributed by atoms with Crippen LogP contribution in [0.15, 0.2) is 54.9 Å². The minimum absolute atomic E-state index is 0.00430. The molecule has 1 heterocycles. The Labute approximate surface area is 225 Å². The van der Waals surface area contributed by atoms with Crippen molar-refractivity contribution in [1.82, 2.24) is 10.6 Å². The third-order valence-corrected chi connectivity index (χ3v) is 5.31. The van der Waals surface area contributed by atoms with Crippen LogP contribution in [-0.2, 0) is 22.8 Å². The first kappa shape index (κ1) is 30.3. The van der Waals surface area contributed by atoms with Crippen LogP contribution in [-0.4, -0.2) is 31.1 Å². The normalized spacial score (nSPS) is 11.0. The van der Waals surface area contributed by atoms with Crippen molar-refractivity contribution in [3.63, 3.8) is 0 Å². The number of carbonyl (C=O) groups is 3. The molecular weight excluding hydrogens is 486 g/mol. The van der Waals surface area contributed by atoms with Gasteiger partial charge >= 0.3 is 12.1 Å². The number of benzene rings is 1. The summed E-state index contributed by atoms with van der Waals surface area (Å²) in [5.74, 6) is 0.583. The average Bonchev–Trinajstić information content (AvgIpc) is 2.88. The second-order valence-corrected chi connectivity index (χ2v) is 9.54. The number of amides is 2. The summed E-state index contributed by atoms with van der Waals surface area (Å²) in [6, 6.07) is 8.35. The molecule has 9 nitrogen and oxygen atoms in total. The Kier molecular flexibility index (Phi) is 12.8. The zero-order chi connectivity index (χ0) is 27.9. The van der Waals surface area contributed by atoms with Crippen molar-refractivity contribution >= 4 is 18.0 Å². The smallest absolute Gasteiger partial charge is 0.412 e. The van der Waals surface area contributed by atoms with Gasteiger partial charge in [0.05, 0.1) is 7.11 Å². The van der Waals surface area contributed by atoms with Crippen LogP contribution >= 0.6 is 0 Å². The Balaban J connectivity index is 1.88. The van der Waals surface area contributed by atoms with Crippen molar-refractivity contribution in [2.45, 2.75) is 72.7 Å². The highest BCUT2D eigenvalue weighted by atomic mass is 16.6. The molecule has 0 aliphatic heterocycles. The van der Waals surface area contributed by atoms with Crippen LogP contribution in [0.4, 0.5) is 4.79 Å². The fourth-order valence-corrected chi connectivity index (χ4v) is 3.40. The molecule has 2 N–H and O–H groups in total. The minimum atomic E-state index is -0.589. The van der Waals surface area contributed by atoms with Crippen molar-refractivity contribution in [1.29, 1.82) is 0 Å². The molecule has 0 bridgehead atoms. The third-order valence-electron chi connectivity index (χ3n) is 5.31. The largest absolute Gasteiger partial charge is 0.493 e. The standard InChI is InChI=1S/C29H39N3O6/c1-21(2)11-8-6-7-9-13-27(33)30-18-23-14-15-25(26(17-23)36-5)38-28(34)24-12-10-16-32(19-24)20-37-29(35)31-22(3)4/h8,10-12,14-17,19,21-22H,6-7,9,13,18,20H2,1-5H3,(H-,30,31,33,35)/p+1/b11-8+. The Bertz CT molecular complexity index is 1100. The number of aromatic nitrogens is 1. The molecule has 0 saturated heterocycles. The molecule has 0 radical (unpaired) electrons. The first-order valence-corrected chi connectivity index (χ1v) is 12.9. The number of ether oxygens (including phenoxy) is 3. The van der Waals surface area contributed by atoms with Crippen LogP contribution in [0.5, 0.6) is 11.5 Å². The Morgan fingerprint density at radius 2 is 1.84 bits per heavy atom. The van der Waals surface area contributed by atoms with Gasteiger partial charge in [0.25, 0.3) is 6.73 Å². The molecule has 38 heavy (non-hydrogen) atoms. The maximum atomic E-state index is 12.7. The van der Waals surface area contributed by atoms with Gasteiger partial charge in [0.2, 0.25) is 5.91 Å². The van der Waals surface area contributed by atoms with Gasteiger partial charge in [-0.05, 0) is 62.8 Å². The van der Waals surface area contributed by atoms with E-state index in [1.807, 2.05) is 13.8 Å². The van der Waals surface area contributed by atoms with Crippen molar-refractivity contribution in [3.8, 4) is 11.5 Å². The van der Waals surface area contributed by atoms with Gasteiger partial charge in [0.15, 0.2) is 23.9 Å². The van der Waals surface area contributed by atoms with Gasteiger partial charge < -0.3 is 24.8 Å². The number of allylic oxidation sites excluding steroid dienone is 2. The fraction of sp³-hybridized carbons (Fsp3) is 0.448. The number of methoxy groups -OCH3 is 1. The van der Waals surface area contributed by atoms with Crippen molar-refractivity contribution in [3.05, 3.63) is 66.0 Å². The lowest BCUT2D eigenvalue weighted by Crippen LogP contribution is -2.40. The topological polar surface area (TPSA) is 107 Å². The number of hydrogen-bond donors (Lipinski definition) is 2. The average molecular weight is 527 g/mol. The van der Waals surface area contributed by atoms with Gasteiger partial charge in [-0.3, -0.25) is 4.79 Å². The van der Waals surface area contributed by atoms with Crippen LogP contribution in [0, 0.1) is 5.92 Å². The van der Waals surface area contributed by atoms with E-state index in [0.717, 1.165) is 24.8 Å².